The fourth-order valence-electron chi connectivity index (χ4n) is 2.77. The van der Waals surface area contributed by atoms with Crippen LogP contribution in [0.5, 0.6) is 0 Å². The highest BCUT2D eigenvalue weighted by Crippen LogP contribution is 2.24. The van der Waals surface area contributed by atoms with Gasteiger partial charge < -0.3 is 11.1 Å². The van der Waals surface area contributed by atoms with Crippen LogP contribution in [0.15, 0.2) is 24.3 Å². The maximum atomic E-state index is 12.2. The van der Waals surface area contributed by atoms with E-state index in [1.807, 2.05) is 24.3 Å². The van der Waals surface area contributed by atoms with Gasteiger partial charge in [-0.25, -0.2) is 0 Å². The molecule has 1 aromatic rings. The Bertz CT molecular complexity index is 413. The Hall–Kier alpha value is -1.35. The van der Waals surface area contributed by atoms with Crippen molar-refractivity contribution in [3.05, 3.63) is 35.4 Å². The number of hydrogen-bond donors (Lipinski definition) is 2. The molecule has 2 unspecified atom stereocenters. The van der Waals surface area contributed by atoms with Crippen molar-refractivity contribution < 1.29 is 4.79 Å². The minimum absolute atomic E-state index is 0.0537. The molecule has 0 heterocycles. The SMILES string of the molecule is CC1CCCCC1NC(=O)c1ccc(CCN)cc1. The molecule has 3 N–H and O–H groups in total. The van der Waals surface area contributed by atoms with Gasteiger partial charge in [-0.05, 0) is 49.4 Å². The van der Waals surface area contributed by atoms with Crippen molar-refractivity contribution in [3.63, 3.8) is 0 Å². The van der Waals surface area contributed by atoms with Gasteiger partial charge in [0, 0.05) is 11.6 Å². The van der Waals surface area contributed by atoms with Crippen LogP contribution in [0.2, 0.25) is 0 Å². The molecule has 3 nitrogen and oxygen atoms in total. The molecule has 1 amide bonds. The predicted molar refractivity (Wildman–Crippen MR) is 78.1 cm³/mol. The van der Waals surface area contributed by atoms with Crippen LogP contribution in [0.1, 0.15) is 48.5 Å². The average Bonchev–Trinajstić information content (AvgIpc) is 2.42. The summed E-state index contributed by atoms with van der Waals surface area (Å²) in [6, 6.07) is 8.12. The molecular weight excluding hydrogens is 236 g/mol. The Morgan fingerprint density at radius 1 is 1.26 bits per heavy atom. The summed E-state index contributed by atoms with van der Waals surface area (Å²) in [7, 11) is 0. The molecule has 1 saturated carbocycles. The zero-order chi connectivity index (χ0) is 13.7. The highest BCUT2D eigenvalue weighted by atomic mass is 16.1. The number of hydrogen-bond acceptors (Lipinski definition) is 2. The standard InChI is InChI=1S/C16H24N2O/c1-12-4-2-3-5-15(12)18-16(19)14-8-6-13(7-9-14)10-11-17/h6-9,12,15H,2-5,10-11,17H2,1H3,(H,18,19). The molecule has 2 atom stereocenters. The number of nitrogens with two attached hydrogens (primary N) is 1. The van der Waals surface area contributed by atoms with Crippen molar-refractivity contribution in [2.24, 2.45) is 11.7 Å². The summed E-state index contributed by atoms with van der Waals surface area (Å²) >= 11 is 0. The Labute approximate surface area is 115 Å². The van der Waals surface area contributed by atoms with E-state index in [0.717, 1.165) is 18.4 Å². The van der Waals surface area contributed by atoms with Gasteiger partial charge in [0.05, 0.1) is 0 Å². The van der Waals surface area contributed by atoms with Crippen LogP contribution in [-0.4, -0.2) is 18.5 Å². The largest absolute Gasteiger partial charge is 0.349 e. The van der Waals surface area contributed by atoms with Crippen molar-refractivity contribution in [1.29, 1.82) is 0 Å². The van der Waals surface area contributed by atoms with Crippen LogP contribution in [0.4, 0.5) is 0 Å². The van der Waals surface area contributed by atoms with Crippen LogP contribution in [0, 0.1) is 5.92 Å². The molecule has 19 heavy (non-hydrogen) atoms. The monoisotopic (exact) mass is 260 g/mol. The summed E-state index contributed by atoms with van der Waals surface area (Å²) in [5.41, 5.74) is 7.45. The quantitative estimate of drug-likeness (QED) is 0.874. The molecule has 104 valence electrons. The second-order valence-corrected chi connectivity index (χ2v) is 5.58. The molecule has 1 aromatic carbocycles. The first-order chi connectivity index (χ1) is 9.20. The van der Waals surface area contributed by atoms with Gasteiger partial charge in [-0.2, -0.15) is 0 Å². The normalized spacial score (nSPS) is 23.1. The number of carbonyl (C=O) groups is 1. The number of carbonyl (C=O) groups excluding carboxylic acids is 1. The maximum absolute atomic E-state index is 12.2. The van der Waals surface area contributed by atoms with Crippen molar-refractivity contribution in [1.82, 2.24) is 5.32 Å². The molecular formula is C16H24N2O. The second kappa shape index (κ2) is 6.71. The van der Waals surface area contributed by atoms with Crippen LogP contribution < -0.4 is 11.1 Å². The Morgan fingerprint density at radius 3 is 2.58 bits per heavy atom. The molecule has 0 bridgehead atoms. The van der Waals surface area contributed by atoms with Crippen molar-refractivity contribution in [3.8, 4) is 0 Å². The maximum Gasteiger partial charge on any atom is 0.251 e. The van der Waals surface area contributed by atoms with Crippen LogP contribution in [-0.2, 0) is 6.42 Å². The van der Waals surface area contributed by atoms with Gasteiger partial charge >= 0.3 is 0 Å². The average molecular weight is 260 g/mol. The summed E-state index contributed by atoms with van der Waals surface area (Å²) in [6.45, 7) is 2.87. The van der Waals surface area contributed by atoms with Gasteiger partial charge in [0.25, 0.3) is 5.91 Å². The number of rotatable bonds is 4. The molecule has 1 aliphatic carbocycles. The first kappa shape index (κ1) is 14.1. The van der Waals surface area contributed by atoms with Gasteiger partial charge in [-0.1, -0.05) is 31.9 Å². The Kier molecular flexibility index (Phi) is 4.97. The van der Waals surface area contributed by atoms with Crippen LogP contribution in [0.25, 0.3) is 0 Å². The minimum atomic E-state index is 0.0537. The first-order valence-electron chi connectivity index (χ1n) is 7.30. The lowest BCUT2D eigenvalue weighted by Gasteiger charge is -2.29. The molecule has 1 aliphatic rings. The smallest absolute Gasteiger partial charge is 0.251 e. The summed E-state index contributed by atoms with van der Waals surface area (Å²) in [4.78, 5) is 12.2. The zero-order valence-corrected chi connectivity index (χ0v) is 11.7. The fourth-order valence-corrected chi connectivity index (χ4v) is 2.77. The minimum Gasteiger partial charge on any atom is -0.349 e. The first-order valence-corrected chi connectivity index (χ1v) is 7.30. The van der Waals surface area contributed by atoms with Gasteiger partial charge in [-0.15, -0.1) is 0 Å². The number of benzene rings is 1. The molecule has 0 spiro atoms. The van der Waals surface area contributed by atoms with E-state index >= 15 is 0 Å². The van der Waals surface area contributed by atoms with Crippen molar-refractivity contribution in [2.75, 3.05) is 6.54 Å². The lowest BCUT2D eigenvalue weighted by molar-refractivity contribution is 0.0910. The Balaban J connectivity index is 1.95. The zero-order valence-electron chi connectivity index (χ0n) is 11.7. The third kappa shape index (κ3) is 3.80. The van der Waals surface area contributed by atoms with Gasteiger partial charge in [0.2, 0.25) is 0 Å². The predicted octanol–water partition coefficient (Wildman–Crippen LogP) is 2.50. The van der Waals surface area contributed by atoms with E-state index in [9.17, 15) is 4.79 Å². The molecule has 1 fully saturated rings. The molecule has 0 aliphatic heterocycles. The third-order valence-electron chi connectivity index (χ3n) is 4.08. The lowest BCUT2D eigenvalue weighted by Crippen LogP contribution is -2.41. The fraction of sp³-hybridized carbons (Fsp3) is 0.562. The van der Waals surface area contributed by atoms with Gasteiger partial charge in [0.15, 0.2) is 0 Å². The van der Waals surface area contributed by atoms with Crippen molar-refractivity contribution in [2.45, 2.75) is 45.1 Å². The molecule has 0 saturated heterocycles. The van der Waals surface area contributed by atoms with Crippen LogP contribution in [0.3, 0.4) is 0 Å². The van der Waals surface area contributed by atoms with E-state index in [1.54, 1.807) is 0 Å². The van der Waals surface area contributed by atoms with Gasteiger partial charge in [-0.3, -0.25) is 4.79 Å². The van der Waals surface area contributed by atoms with E-state index in [-0.39, 0.29) is 5.91 Å². The highest BCUT2D eigenvalue weighted by molar-refractivity contribution is 5.94. The van der Waals surface area contributed by atoms with E-state index in [1.165, 1.54) is 24.8 Å². The summed E-state index contributed by atoms with van der Waals surface area (Å²) in [6.07, 6.45) is 5.71. The van der Waals surface area contributed by atoms with E-state index < -0.39 is 0 Å². The van der Waals surface area contributed by atoms with E-state index in [2.05, 4.69) is 12.2 Å². The second-order valence-electron chi connectivity index (χ2n) is 5.58. The molecule has 0 radical (unpaired) electrons. The number of amides is 1. The summed E-state index contributed by atoms with van der Waals surface area (Å²) in [5, 5.41) is 3.17. The van der Waals surface area contributed by atoms with E-state index in [0.29, 0.717) is 18.5 Å². The van der Waals surface area contributed by atoms with E-state index in [4.69, 9.17) is 5.73 Å². The highest BCUT2D eigenvalue weighted by Gasteiger charge is 2.23. The third-order valence-corrected chi connectivity index (χ3v) is 4.08. The lowest BCUT2D eigenvalue weighted by atomic mass is 9.86. The summed E-state index contributed by atoms with van der Waals surface area (Å²) in [5.74, 6) is 0.646. The topological polar surface area (TPSA) is 55.1 Å². The van der Waals surface area contributed by atoms with Gasteiger partial charge in [0.1, 0.15) is 0 Å². The molecule has 0 aromatic heterocycles. The Morgan fingerprint density at radius 2 is 1.95 bits per heavy atom. The van der Waals surface area contributed by atoms with Crippen molar-refractivity contribution >= 4 is 5.91 Å². The summed E-state index contributed by atoms with van der Waals surface area (Å²) < 4.78 is 0. The van der Waals surface area contributed by atoms with Crippen LogP contribution >= 0.6 is 0 Å². The number of nitrogens with one attached hydrogen (secondary N) is 1. The molecule has 2 rings (SSSR count). The molecule has 3 heteroatoms.